The van der Waals surface area contributed by atoms with Crippen molar-refractivity contribution in [2.24, 2.45) is 5.92 Å². The minimum Gasteiger partial charge on any atom is -0.496 e. The molecule has 0 spiro atoms. The maximum absolute atomic E-state index is 13.6. The molecule has 3 heterocycles. The van der Waals surface area contributed by atoms with Crippen molar-refractivity contribution in [2.75, 3.05) is 12.0 Å². The number of hydrogen-bond acceptors (Lipinski definition) is 6. The normalized spacial score (nSPS) is 28.8. The average molecular weight is 475 g/mol. The number of rotatable bonds is 3. The summed E-state index contributed by atoms with van der Waals surface area (Å²) in [6, 6.07) is 6.87. The Balaban J connectivity index is 1.67. The third kappa shape index (κ3) is 2.92. The van der Waals surface area contributed by atoms with E-state index in [1.54, 1.807) is 18.2 Å². The standard InChI is InChI=1S/C21H19BrN2O4S/c1-27-14-5-3-2-4-12(14)17-16-18(25)13-10-11(22)6-7-15(13)28-19(16)20(26)24(17)21-23-8-9-29-21/h2-5,8-9,11,13,15,17H,6-7,10H2,1H3. The summed E-state index contributed by atoms with van der Waals surface area (Å²) < 4.78 is 11.7. The highest BCUT2D eigenvalue weighted by Gasteiger charge is 2.54. The van der Waals surface area contributed by atoms with Crippen LogP contribution in [-0.4, -0.2) is 34.7 Å². The van der Waals surface area contributed by atoms with E-state index in [0.29, 0.717) is 22.9 Å². The maximum Gasteiger partial charge on any atom is 0.296 e. The highest BCUT2D eigenvalue weighted by Crippen LogP contribution is 2.50. The summed E-state index contributed by atoms with van der Waals surface area (Å²) in [5, 5.41) is 2.36. The van der Waals surface area contributed by atoms with Gasteiger partial charge in [0.1, 0.15) is 17.9 Å². The number of fused-ring (bicyclic) bond motifs is 1. The first-order chi connectivity index (χ1) is 14.1. The summed E-state index contributed by atoms with van der Waals surface area (Å²) >= 11 is 5.02. The van der Waals surface area contributed by atoms with Gasteiger partial charge in [0.2, 0.25) is 0 Å². The van der Waals surface area contributed by atoms with Crippen LogP contribution in [0.4, 0.5) is 5.13 Å². The first-order valence-corrected chi connectivity index (χ1v) is 11.3. The van der Waals surface area contributed by atoms with Crippen LogP contribution in [0.2, 0.25) is 0 Å². The van der Waals surface area contributed by atoms with Gasteiger partial charge in [-0.25, -0.2) is 4.98 Å². The molecule has 4 atom stereocenters. The second-order valence-corrected chi connectivity index (χ2v) is 9.58. The van der Waals surface area contributed by atoms with Crippen molar-refractivity contribution >= 4 is 44.1 Å². The van der Waals surface area contributed by atoms with Gasteiger partial charge in [0, 0.05) is 22.0 Å². The SMILES string of the molecule is COc1ccccc1C1C2=C(OC3CCC(Br)CC3C2=O)C(=O)N1c1nccs1. The number of carbonyl (C=O) groups excluding carboxylic acids is 2. The zero-order valence-electron chi connectivity index (χ0n) is 15.7. The van der Waals surface area contributed by atoms with Gasteiger partial charge in [-0.05, 0) is 25.3 Å². The van der Waals surface area contributed by atoms with Crippen LogP contribution in [0.25, 0.3) is 0 Å². The lowest BCUT2D eigenvalue weighted by molar-refractivity contribution is -0.131. The van der Waals surface area contributed by atoms with Crippen molar-refractivity contribution < 1.29 is 19.1 Å². The molecule has 1 amide bonds. The predicted octanol–water partition coefficient (Wildman–Crippen LogP) is 4.03. The van der Waals surface area contributed by atoms with Gasteiger partial charge in [-0.3, -0.25) is 14.5 Å². The molecule has 0 saturated heterocycles. The van der Waals surface area contributed by atoms with Crippen molar-refractivity contribution in [3.63, 3.8) is 0 Å². The molecule has 150 valence electrons. The number of alkyl halides is 1. The molecule has 3 aliphatic rings. The van der Waals surface area contributed by atoms with Gasteiger partial charge < -0.3 is 9.47 Å². The predicted molar refractivity (Wildman–Crippen MR) is 112 cm³/mol. The Morgan fingerprint density at radius 2 is 2.10 bits per heavy atom. The molecule has 8 heteroatoms. The number of nitrogens with zero attached hydrogens (tertiary/aromatic N) is 2. The number of aromatic nitrogens is 1. The number of ether oxygens (including phenoxy) is 2. The van der Waals surface area contributed by atoms with Crippen molar-refractivity contribution in [3.8, 4) is 5.75 Å². The average Bonchev–Trinajstić information content (AvgIpc) is 3.35. The Labute approximate surface area is 180 Å². The third-order valence-electron chi connectivity index (χ3n) is 5.84. The van der Waals surface area contributed by atoms with Crippen LogP contribution < -0.4 is 9.64 Å². The Kier molecular flexibility index (Phi) is 4.70. The molecule has 1 aromatic carbocycles. The van der Waals surface area contributed by atoms with Crippen LogP contribution in [-0.2, 0) is 14.3 Å². The molecule has 4 unspecified atom stereocenters. The van der Waals surface area contributed by atoms with Crippen LogP contribution in [0.1, 0.15) is 30.9 Å². The van der Waals surface area contributed by atoms with E-state index in [2.05, 4.69) is 20.9 Å². The van der Waals surface area contributed by atoms with Crippen LogP contribution in [0.15, 0.2) is 47.2 Å². The largest absolute Gasteiger partial charge is 0.496 e. The first kappa shape index (κ1) is 18.8. The van der Waals surface area contributed by atoms with E-state index in [1.165, 1.54) is 11.3 Å². The summed E-state index contributed by atoms with van der Waals surface area (Å²) in [6.07, 6.45) is 3.81. The molecule has 1 aromatic heterocycles. The van der Waals surface area contributed by atoms with Crippen molar-refractivity contribution in [1.29, 1.82) is 0 Å². The van der Waals surface area contributed by atoms with Gasteiger partial charge in [0.05, 0.1) is 18.6 Å². The fourth-order valence-electron chi connectivity index (χ4n) is 4.53. The second-order valence-electron chi connectivity index (χ2n) is 7.41. The zero-order chi connectivity index (χ0) is 20.1. The highest BCUT2D eigenvalue weighted by atomic mass is 79.9. The quantitative estimate of drug-likeness (QED) is 0.628. The molecule has 1 aliphatic carbocycles. The number of carbonyl (C=O) groups is 2. The lowest BCUT2D eigenvalue weighted by Gasteiger charge is -2.37. The molecular formula is C21H19BrN2O4S. The fourth-order valence-corrected chi connectivity index (χ4v) is 5.87. The summed E-state index contributed by atoms with van der Waals surface area (Å²) in [5.41, 5.74) is 1.18. The van der Waals surface area contributed by atoms with Gasteiger partial charge in [-0.1, -0.05) is 34.1 Å². The van der Waals surface area contributed by atoms with E-state index in [-0.39, 0.29) is 34.3 Å². The van der Waals surface area contributed by atoms with Crippen LogP contribution in [0, 0.1) is 5.92 Å². The topological polar surface area (TPSA) is 68.7 Å². The Morgan fingerprint density at radius 1 is 1.28 bits per heavy atom. The van der Waals surface area contributed by atoms with E-state index < -0.39 is 6.04 Å². The van der Waals surface area contributed by atoms with Crippen LogP contribution in [0.5, 0.6) is 5.75 Å². The molecule has 1 saturated carbocycles. The molecular weight excluding hydrogens is 456 g/mol. The molecule has 29 heavy (non-hydrogen) atoms. The summed E-state index contributed by atoms with van der Waals surface area (Å²) in [6.45, 7) is 0. The molecule has 1 fully saturated rings. The molecule has 0 N–H and O–H groups in total. The summed E-state index contributed by atoms with van der Waals surface area (Å²) in [7, 11) is 1.59. The number of benzene rings is 1. The van der Waals surface area contributed by atoms with Crippen molar-refractivity contribution in [1.82, 2.24) is 4.98 Å². The van der Waals surface area contributed by atoms with E-state index in [9.17, 15) is 9.59 Å². The monoisotopic (exact) mass is 474 g/mol. The van der Waals surface area contributed by atoms with Gasteiger partial charge in [-0.15, -0.1) is 11.3 Å². The highest BCUT2D eigenvalue weighted by molar-refractivity contribution is 9.09. The van der Waals surface area contributed by atoms with Crippen molar-refractivity contribution in [2.45, 2.75) is 36.2 Å². The number of anilines is 1. The summed E-state index contributed by atoms with van der Waals surface area (Å²) in [5.74, 6) is 0.253. The number of para-hydroxylation sites is 1. The van der Waals surface area contributed by atoms with E-state index in [0.717, 1.165) is 18.4 Å². The first-order valence-electron chi connectivity index (χ1n) is 9.55. The van der Waals surface area contributed by atoms with E-state index in [4.69, 9.17) is 9.47 Å². The molecule has 6 nitrogen and oxygen atoms in total. The van der Waals surface area contributed by atoms with Gasteiger partial charge >= 0.3 is 0 Å². The number of halogens is 1. The molecule has 2 aliphatic heterocycles. The molecule has 0 bridgehead atoms. The smallest absolute Gasteiger partial charge is 0.296 e. The lowest BCUT2D eigenvalue weighted by Crippen LogP contribution is -2.41. The Morgan fingerprint density at radius 3 is 2.86 bits per heavy atom. The Bertz CT molecular complexity index is 1010. The minimum absolute atomic E-state index is 0.00344. The minimum atomic E-state index is -0.607. The fraction of sp³-hybridized carbons (Fsp3) is 0.381. The number of amides is 1. The third-order valence-corrected chi connectivity index (χ3v) is 7.44. The number of ketones is 1. The van der Waals surface area contributed by atoms with Crippen LogP contribution in [0.3, 0.4) is 0 Å². The van der Waals surface area contributed by atoms with Crippen LogP contribution >= 0.6 is 27.3 Å². The maximum atomic E-state index is 13.6. The number of Topliss-reactive ketones (excluding diaryl/α,β-unsaturated/α-hetero) is 1. The number of hydrogen-bond donors (Lipinski definition) is 0. The van der Waals surface area contributed by atoms with E-state index in [1.807, 2.05) is 29.6 Å². The number of methoxy groups -OCH3 is 1. The van der Waals surface area contributed by atoms with Gasteiger partial charge in [-0.2, -0.15) is 0 Å². The Hall–Kier alpha value is -2.19. The zero-order valence-corrected chi connectivity index (χ0v) is 18.1. The second kappa shape index (κ2) is 7.25. The lowest BCUT2D eigenvalue weighted by atomic mass is 9.77. The molecule has 5 rings (SSSR count). The summed E-state index contributed by atoms with van der Waals surface area (Å²) in [4.78, 5) is 33.3. The molecule has 0 radical (unpaired) electrons. The van der Waals surface area contributed by atoms with Gasteiger partial charge in [0.15, 0.2) is 16.7 Å². The number of thiazole rings is 1. The molecule has 2 aromatic rings. The van der Waals surface area contributed by atoms with Gasteiger partial charge in [0.25, 0.3) is 5.91 Å². The van der Waals surface area contributed by atoms with Crippen molar-refractivity contribution in [3.05, 3.63) is 52.7 Å². The van der Waals surface area contributed by atoms with E-state index >= 15 is 0 Å².